The van der Waals surface area contributed by atoms with Crippen molar-refractivity contribution in [3.8, 4) is 5.75 Å². The van der Waals surface area contributed by atoms with E-state index in [9.17, 15) is 0 Å². The summed E-state index contributed by atoms with van der Waals surface area (Å²) < 4.78 is 5.97. The Morgan fingerprint density at radius 1 is 1.33 bits per heavy atom. The van der Waals surface area contributed by atoms with Crippen LogP contribution in [0.3, 0.4) is 0 Å². The van der Waals surface area contributed by atoms with Crippen LogP contribution >= 0.6 is 0 Å². The fourth-order valence-electron chi connectivity index (χ4n) is 3.53. The molecule has 0 spiro atoms. The van der Waals surface area contributed by atoms with Gasteiger partial charge in [0.1, 0.15) is 11.9 Å². The van der Waals surface area contributed by atoms with Gasteiger partial charge in [-0.2, -0.15) is 0 Å². The molecule has 1 aromatic rings. The zero-order valence-corrected chi connectivity index (χ0v) is 13.3. The van der Waals surface area contributed by atoms with Crippen LogP contribution in [0.15, 0.2) is 18.2 Å². The highest BCUT2D eigenvalue weighted by Crippen LogP contribution is 2.31. The highest BCUT2D eigenvalue weighted by Gasteiger charge is 2.19. The van der Waals surface area contributed by atoms with E-state index in [0.717, 1.165) is 36.9 Å². The molecule has 1 saturated carbocycles. The molecule has 0 bridgehead atoms. The number of hydrogen-bond donors (Lipinski definition) is 2. The van der Waals surface area contributed by atoms with Gasteiger partial charge in [-0.3, -0.25) is 0 Å². The van der Waals surface area contributed by atoms with Crippen molar-refractivity contribution < 1.29 is 4.74 Å². The van der Waals surface area contributed by atoms with Crippen molar-refractivity contribution in [1.29, 1.82) is 0 Å². The Morgan fingerprint density at radius 3 is 2.90 bits per heavy atom. The van der Waals surface area contributed by atoms with Gasteiger partial charge in [-0.1, -0.05) is 25.8 Å². The first-order valence-electron chi connectivity index (χ1n) is 8.54. The van der Waals surface area contributed by atoms with Crippen LogP contribution in [-0.2, 0) is 6.42 Å². The zero-order valence-electron chi connectivity index (χ0n) is 13.3. The molecule has 0 saturated heterocycles. The average molecular weight is 288 g/mol. The van der Waals surface area contributed by atoms with Gasteiger partial charge in [-0.25, -0.2) is 0 Å². The summed E-state index contributed by atoms with van der Waals surface area (Å²) in [6.45, 7) is 5.39. The van der Waals surface area contributed by atoms with Crippen LogP contribution in [0.5, 0.6) is 5.75 Å². The molecule has 1 fully saturated rings. The molecule has 1 aliphatic heterocycles. The molecule has 2 N–H and O–H groups in total. The Morgan fingerprint density at radius 2 is 2.14 bits per heavy atom. The van der Waals surface area contributed by atoms with Gasteiger partial charge in [0.2, 0.25) is 0 Å². The van der Waals surface area contributed by atoms with E-state index in [0.29, 0.717) is 12.1 Å². The summed E-state index contributed by atoms with van der Waals surface area (Å²) in [5.74, 6) is 1.01. The lowest BCUT2D eigenvalue weighted by atomic mass is 10.0. The van der Waals surface area contributed by atoms with E-state index in [1.807, 2.05) is 0 Å². The number of rotatable bonds is 5. The molecule has 0 radical (unpaired) electrons. The molecule has 3 nitrogen and oxygen atoms in total. The summed E-state index contributed by atoms with van der Waals surface area (Å²) in [5.41, 5.74) is 2.54. The Hall–Kier alpha value is -1.22. The Bertz CT molecular complexity index is 468. The van der Waals surface area contributed by atoms with E-state index in [2.05, 4.69) is 42.7 Å². The van der Waals surface area contributed by atoms with Crippen molar-refractivity contribution in [2.45, 2.75) is 70.6 Å². The molecular formula is C18H28N2O. The molecule has 2 aliphatic rings. The van der Waals surface area contributed by atoms with E-state index in [4.69, 9.17) is 4.74 Å². The van der Waals surface area contributed by atoms with Gasteiger partial charge in [0.05, 0.1) is 12.2 Å². The van der Waals surface area contributed by atoms with Crippen molar-refractivity contribution in [3.05, 3.63) is 23.8 Å². The van der Waals surface area contributed by atoms with Gasteiger partial charge < -0.3 is 15.4 Å². The molecule has 1 aliphatic carbocycles. The lowest BCUT2D eigenvalue weighted by Gasteiger charge is -2.27. The summed E-state index contributed by atoms with van der Waals surface area (Å²) in [5, 5.41) is 7.28. The lowest BCUT2D eigenvalue weighted by molar-refractivity contribution is 0.202. The van der Waals surface area contributed by atoms with Crippen molar-refractivity contribution >= 4 is 5.69 Å². The monoisotopic (exact) mass is 288 g/mol. The SMILES string of the molecule is CCC1CNc2cc(CC(C)NC3CCCC3)ccc2O1. The van der Waals surface area contributed by atoms with Crippen LogP contribution in [0, 0.1) is 0 Å². The Labute approximate surface area is 128 Å². The van der Waals surface area contributed by atoms with E-state index < -0.39 is 0 Å². The molecule has 3 heteroatoms. The zero-order chi connectivity index (χ0) is 14.7. The summed E-state index contributed by atoms with van der Waals surface area (Å²) in [4.78, 5) is 0. The fourth-order valence-corrected chi connectivity index (χ4v) is 3.53. The smallest absolute Gasteiger partial charge is 0.142 e. The van der Waals surface area contributed by atoms with Gasteiger partial charge in [0.25, 0.3) is 0 Å². The minimum absolute atomic E-state index is 0.311. The van der Waals surface area contributed by atoms with Gasteiger partial charge in [0, 0.05) is 12.1 Å². The standard InChI is InChI=1S/C18H28N2O/c1-3-16-12-19-17-11-14(8-9-18(17)21-16)10-13(2)20-15-6-4-5-7-15/h8-9,11,13,15-16,19-20H,3-7,10,12H2,1-2H3. The first kappa shape index (κ1) is 14.7. The maximum atomic E-state index is 5.97. The summed E-state index contributed by atoms with van der Waals surface area (Å²) in [7, 11) is 0. The second-order valence-corrected chi connectivity index (χ2v) is 6.61. The number of benzene rings is 1. The van der Waals surface area contributed by atoms with Gasteiger partial charge in [0.15, 0.2) is 0 Å². The normalized spacial score (nSPS) is 23.2. The quantitative estimate of drug-likeness (QED) is 0.866. The molecule has 2 atom stereocenters. The fraction of sp³-hybridized carbons (Fsp3) is 0.667. The molecule has 0 amide bonds. The largest absolute Gasteiger partial charge is 0.486 e. The molecule has 2 unspecified atom stereocenters. The number of ether oxygens (including phenoxy) is 1. The van der Waals surface area contributed by atoms with Crippen LogP contribution < -0.4 is 15.4 Å². The topological polar surface area (TPSA) is 33.3 Å². The second kappa shape index (κ2) is 6.69. The maximum Gasteiger partial charge on any atom is 0.142 e. The molecule has 21 heavy (non-hydrogen) atoms. The van der Waals surface area contributed by atoms with Crippen molar-refractivity contribution in [1.82, 2.24) is 5.32 Å². The van der Waals surface area contributed by atoms with Gasteiger partial charge in [-0.15, -0.1) is 0 Å². The maximum absolute atomic E-state index is 5.97. The molecule has 1 heterocycles. The molecule has 3 rings (SSSR count). The highest BCUT2D eigenvalue weighted by molar-refractivity contribution is 5.59. The van der Waals surface area contributed by atoms with Gasteiger partial charge >= 0.3 is 0 Å². The number of fused-ring (bicyclic) bond motifs is 1. The summed E-state index contributed by atoms with van der Waals surface area (Å²) in [6, 6.07) is 7.88. The van der Waals surface area contributed by atoms with Crippen molar-refractivity contribution in [3.63, 3.8) is 0 Å². The molecule has 0 aromatic heterocycles. The number of hydrogen-bond acceptors (Lipinski definition) is 3. The first-order chi connectivity index (χ1) is 10.2. The summed E-state index contributed by atoms with van der Waals surface area (Å²) in [6.07, 6.45) is 7.93. The average Bonchev–Trinajstić information content (AvgIpc) is 2.99. The third-order valence-electron chi connectivity index (χ3n) is 4.73. The van der Waals surface area contributed by atoms with Crippen LogP contribution in [0.2, 0.25) is 0 Å². The first-order valence-corrected chi connectivity index (χ1v) is 8.54. The van der Waals surface area contributed by atoms with E-state index in [-0.39, 0.29) is 0 Å². The third kappa shape index (κ3) is 3.70. The van der Waals surface area contributed by atoms with Crippen molar-refractivity contribution in [2.75, 3.05) is 11.9 Å². The molecule has 116 valence electrons. The Kier molecular flexibility index (Phi) is 4.69. The number of nitrogens with one attached hydrogen (secondary N) is 2. The highest BCUT2D eigenvalue weighted by atomic mass is 16.5. The van der Waals surface area contributed by atoms with E-state index in [1.165, 1.54) is 31.2 Å². The number of anilines is 1. The van der Waals surface area contributed by atoms with Crippen LogP contribution in [0.4, 0.5) is 5.69 Å². The van der Waals surface area contributed by atoms with Gasteiger partial charge in [-0.05, 0) is 50.3 Å². The predicted molar refractivity (Wildman–Crippen MR) is 88.2 cm³/mol. The minimum atomic E-state index is 0.311. The van der Waals surface area contributed by atoms with Crippen LogP contribution in [-0.4, -0.2) is 24.7 Å². The lowest BCUT2D eigenvalue weighted by Crippen LogP contribution is -2.36. The molecular weight excluding hydrogens is 260 g/mol. The second-order valence-electron chi connectivity index (χ2n) is 6.61. The third-order valence-corrected chi connectivity index (χ3v) is 4.73. The summed E-state index contributed by atoms with van der Waals surface area (Å²) >= 11 is 0. The van der Waals surface area contributed by atoms with Crippen molar-refractivity contribution in [2.24, 2.45) is 0 Å². The molecule has 1 aromatic carbocycles. The Balaban J connectivity index is 1.58. The van der Waals surface area contributed by atoms with E-state index >= 15 is 0 Å². The van der Waals surface area contributed by atoms with E-state index in [1.54, 1.807) is 0 Å². The van der Waals surface area contributed by atoms with Crippen LogP contribution in [0.1, 0.15) is 51.5 Å². The van der Waals surface area contributed by atoms with Crippen LogP contribution in [0.25, 0.3) is 0 Å². The minimum Gasteiger partial charge on any atom is -0.486 e. The predicted octanol–water partition coefficient (Wildman–Crippen LogP) is 3.73.